The lowest BCUT2D eigenvalue weighted by Gasteiger charge is -2.21. The van der Waals surface area contributed by atoms with Crippen LogP contribution >= 0.6 is 11.3 Å². The molecule has 0 aliphatic carbocycles. The smallest absolute Gasteiger partial charge is 0.254 e. The normalized spacial score (nSPS) is 12.2. The number of benzene rings is 1. The number of thiophene rings is 1. The number of nitrogens with zero attached hydrogens (tertiary/aromatic N) is 1. The Kier molecular flexibility index (Phi) is 6.03. The Bertz CT molecular complexity index is 805. The van der Waals surface area contributed by atoms with Gasteiger partial charge in [-0.05, 0) is 63.4 Å². The van der Waals surface area contributed by atoms with Crippen molar-refractivity contribution in [3.8, 4) is 0 Å². The highest BCUT2D eigenvalue weighted by atomic mass is 32.2. The van der Waals surface area contributed by atoms with Crippen molar-refractivity contribution >= 4 is 27.3 Å². The summed E-state index contributed by atoms with van der Waals surface area (Å²) in [6.07, 6.45) is 0. The molecule has 1 aromatic heterocycles. The number of amides is 1. The maximum atomic E-state index is 12.7. The van der Waals surface area contributed by atoms with Gasteiger partial charge in [-0.2, -0.15) is 0 Å². The summed E-state index contributed by atoms with van der Waals surface area (Å²) >= 11 is 1.61. The standard InChI is InChI=1S/C18H24N2O3S2/c1-5-20(13-15-7-6-12-24-15)17(21)14-8-10-16(11-9-14)25(22,23)19-18(2,3)4/h6-12,19H,5,13H2,1-4H3. The summed E-state index contributed by atoms with van der Waals surface area (Å²) in [6, 6.07) is 10.0. The summed E-state index contributed by atoms with van der Waals surface area (Å²) in [7, 11) is -3.60. The number of nitrogens with one attached hydrogen (secondary N) is 1. The highest BCUT2D eigenvalue weighted by Crippen LogP contribution is 2.17. The highest BCUT2D eigenvalue weighted by molar-refractivity contribution is 7.89. The largest absolute Gasteiger partial charge is 0.334 e. The van der Waals surface area contributed by atoms with Gasteiger partial charge in [-0.15, -0.1) is 11.3 Å². The van der Waals surface area contributed by atoms with E-state index in [1.54, 1.807) is 49.1 Å². The van der Waals surface area contributed by atoms with Crippen LogP contribution < -0.4 is 4.72 Å². The molecule has 2 aromatic rings. The Hall–Kier alpha value is -1.70. The van der Waals surface area contributed by atoms with Gasteiger partial charge < -0.3 is 4.90 Å². The minimum Gasteiger partial charge on any atom is -0.334 e. The second-order valence-corrected chi connectivity index (χ2v) is 9.49. The first kappa shape index (κ1) is 19.6. The van der Waals surface area contributed by atoms with Crippen molar-refractivity contribution in [1.82, 2.24) is 9.62 Å². The van der Waals surface area contributed by atoms with E-state index in [-0.39, 0.29) is 10.8 Å². The molecule has 7 heteroatoms. The van der Waals surface area contributed by atoms with Crippen LogP contribution in [0.1, 0.15) is 42.9 Å². The Morgan fingerprint density at radius 1 is 1.16 bits per heavy atom. The van der Waals surface area contributed by atoms with E-state index in [0.29, 0.717) is 18.7 Å². The molecule has 0 bridgehead atoms. The molecule has 0 saturated carbocycles. The minimum atomic E-state index is -3.60. The van der Waals surface area contributed by atoms with Gasteiger partial charge in [-0.3, -0.25) is 4.79 Å². The fourth-order valence-corrected chi connectivity index (χ4v) is 4.48. The van der Waals surface area contributed by atoms with Gasteiger partial charge in [0.2, 0.25) is 10.0 Å². The van der Waals surface area contributed by atoms with Crippen molar-refractivity contribution in [3.05, 3.63) is 52.2 Å². The molecular formula is C18H24N2O3S2. The Labute approximate surface area is 153 Å². The van der Waals surface area contributed by atoms with Gasteiger partial charge >= 0.3 is 0 Å². The van der Waals surface area contributed by atoms with Crippen LogP contribution in [0.2, 0.25) is 0 Å². The van der Waals surface area contributed by atoms with Crippen molar-refractivity contribution in [2.24, 2.45) is 0 Å². The zero-order chi connectivity index (χ0) is 18.7. The maximum absolute atomic E-state index is 12.7. The summed E-state index contributed by atoms with van der Waals surface area (Å²) in [5.74, 6) is -0.108. The molecule has 0 aliphatic heterocycles. The lowest BCUT2D eigenvalue weighted by Crippen LogP contribution is -2.40. The van der Waals surface area contributed by atoms with Crippen LogP contribution in [0, 0.1) is 0 Å². The third-order valence-electron chi connectivity index (χ3n) is 3.45. The lowest BCUT2D eigenvalue weighted by atomic mass is 10.1. The van der Waals surface area contributed by atoms with Crippen LogP contribution in [0.25, 0.3) is 0 Å². The second-order valence-electron chi connectivity index (χ2n) is 6.78. The SMILES string of the molecule is CCN(Cc1cccs1)C(=O)c1ccc(S(=O)(=O)NC(C)(C)C)cc1. The number of hydrogen-bond acceptors (Lipinski definition) is 4. The van der Waals surface area contributed by atoms with E-state index in [2.05, 4.69) is 4.72 Å². The topological polar surface area (TPSA) is 66.5 Å². The van der Waals surface area contributed by atoms with E-state index < -0.39 is 15.6 Å². The average Bonchev–Trinajstić information content (AvgIpc) is 3.03. The van der Waals surface area contributed by atoms with Crippen molar-refractivity contribution in [2.45, 2.75) is 44.7 Å². The van der Waals surface area contributed by atoms with E-state index in [1.807, 2.05) is 24.4 Å². The predicted molar refractivity (Wildman–Crippen MR) is 101 cm³/mol. The van der Waals surface area contributed by atoms with E-state index in [4.69, 9.17) is 0 Å². The minimum absolute atomic E-state index is 0.108. The zero-order valence-electron chi connectivity index (χ0n) is 14.9. The van der Waals surface area contributed by atoms with Crippen LogP contribution in [0.5, 0.6) is 0 Å². The van der Waals surface area contributed by atoms with Crippen molar-refractivity contribution in [1.29, 1.82) is 0 Å². The zero-order valence-corrected chi connectivity index (χ0v) is 16.6. The first-order valence-corrected chi connectivity index (χ1v) is 10.4. The molecule has 1 heterocycles. The number of sulfonamides is 1. The summed E-state index contributed by atoms with van der Waals surface area (Å²) in [4.78, 5) is 15.7. The van der Waals surface area contributed by atoms with E-state index >= 15 is 0 Å². The van der Waals surface area contributed by atoms with Crippen LogP contribution in [0.4, 0.5) is 0 Å². The molecule has 0 unspecified atom stereocenters. The van der Waals surface area contributed by atoms with Crippen molar-refractivity contribution < 1.29 is 13.2 Å². The monoisotopic (exact) mass is 380 g/mol. The van der Waals surface area contributed by atoms with Gasteiger partial charge in [0.25, 0.3) is 5.91 Å². The van der Waals surface area contributed by atoms with Gasteiger partial charge in [0.05, 0.1) is 11.4 Å². The number of hydrogen-bond donors (Lipinski definition) is 1. The van der Waals surface area contributed by atoms with E-state index in [0.717, 1.165) is 4.88 Å². The van der Waals surface area contributed by atoms with Gasteiger partial charge in [0.15, 0.2) is 0 Å². The lowest BCUT2D eigenvalue weighted by molar-refractivity contribution is 0.0754. The molecule has 136 valence electrons. The molecular weight excluding hydrogens is 356 g/mol. The predicted octanol–water partition coefficient (Wildman–Crippen LogP) is 3.49. The third kappa shape index (κ3) is 5.39. The average molecular weight is 381 g/mol. The quantitative estimate of drug-likeness (QED) is 0.834. The molecule has 25 heavy (non-hydrogen) atoms. The van der Waals surface area contributed by atoms with Crippen LogP contribution in [0.15, 0.2) is 46.7 Å². The Morgan fingerprint density at radius 2 is 1.80 bits per heavy atom. The Balaban J connectivity index is 2.16. The van der Waals surface area contributed by atoms with Crippen LogP contribution in [-0.4, -0.2) is 31.3 Å². The maximum Gasteiger partial charge on any atom is 0.254 e. The van der Waals surface area contributed by atoms with Crippen molar-refractivity contribution in [2.75, 3.05) is 6.54 Å². The molecule has 1 aromatic carbocycles. The van der Waals surface area contributed by atoms with Gasteiger partial charge in [-0.1, -0.05) is 6.07 Å². The van der Waals surface area contributed by atoms with E-state index in [9.17, 15) is 13.2 Å². The fraction of sp³-hybridized carbons (Fsp3) is 0.389. The first-order chi connectivity index (χ1) is 11.6. The van der Waals surface area contributed by atoms with Crippen molar-refractivity contribution in [3.63, 3.8) is 0 Å². The molecule has 0 saturated heterocycles. The molecule has 0 spiro atoms. The van der Waals surface area contributed by atoms with Gasteiger partial charge in [0, 0.05) is 22.5 Å². The molecule has 0 radical (unpaired) electrons. The summed E-state index contributed by atoms with van der Waals surface area (Å²) < 4.78 is 27.3. The second kappa shape index (κ2) is 7.68. The van der Waals surface area contributed by atoms with Gasteiger partial charge in [-0.25, -0.2) is 13.1 Å². The molecule has 0 fully saturated rings. The van der Waals surface area contributed by atoms with Gasteiger partial charge in [0.1, 0.15) is 0 Å². The summed E-state index contributed by atoms with van der Waals surface area (Å²) in [5, 5.41) is 1.98. The first-order valence-electron chi connectivity index (χ1n) is 8.08. The number of carbonyl (C=O) groups is 1. The molecule has 1 N–H and O–H groups in total. The van der Waals surface area contributed by atoms with Crippen LogP contribution in [-0.2, 0) is 16.6 Å². The fourth-order valence-electron chi connectivity index (χ4n) is 2.34. The number of carbonyl (C=O) groups excluding carboxylic acids is 1. The summed E-state index contributed by atoms with van der Waals surface area (Å²) in [5.41, 5.74) is -0.0827. The third-order valence-corrected chi connectivity index (χ3v) is 6.08. The molecule has 1 amide bonds. The molecule has 5 nitrogen and oxygen atoms in total. The molecule has 0 aliphatic rings. The Morgan fingerprint density at radius 3 is 2.28 bits per heavy atom. The summed E-state index contributed by atoms with van der Waals surface area (Å²) in [6.45, 7) is 8.42. The van der Waals surface area contributed by atoms with E-state index in [1.165, 1.54) is 12.1 Å². The highest BCUT2D eigenvalue weighted by Gasteiger charge is 2.22. The number of rotatable bonds is 6. The molecule has 0 atom stereocenters. The van der Waals surface area contributed by atoms with Crippen LogP contribution in [0.3, 0.4) is 0 Å². The molecule has 2 rings (SSSR count).